The van der Waals surface area contributed by atoms with E-state index in [0.29, 0.717) is 5.56 Å². The second-order valence-electron chi connectivity index (χ2n) is 7.36. The van der Waals surface area contributed by atoms with Gasteiger partial charge in [-0.15, -0.1) is 0 Å². The molecule has 0 radical (unpaired) electrons. The summed E-state index contributed by atoms with van der Waals surface area (Å²) in [6.45, 7) is 14.4. The summed E-state index contributed by atoms with van der Waals surface area (Å²) in [5.41, 5.74) is 2.69. The molecular weight excluding hydrogens is 260 g/mol. The first-order valence-corrected chi connectivity index (χ1v) is 7.59. The molecule has 0 saturated carbocycles. The molecule has 0 aliphatic rings. The predicted molar refractivity (Wildman–Crippen MR) is 89.3 cm³/mol. The highest BCUT2D eigenvalue weighted by Gasteiger charge is 2.20. The largest absolute Gasteiger partial charge is 0.456 e. The highest BCUT2D eigenvalue weighted by atomic mass is 16.6. The van der Waals surface area contributed by atoms with Crippen molar-refractivity contribution in [1.29, 1.82) is 0 Å². The van der Waals surface area contributed by atoms with Crippen molar-refractivity contribution in [3.8, 4) is 0 Å². The second kappa shape index (κ2) is 6.46. The summed E-state index contributed by atoms with van der Waals surface area (Å²) in [6.07, 6.45) is 3.25. The molecule has 0 N–H and O–H groups in total. The molecule has 0 unspecified atom stereocenters. The molecule has 21 heavy (non-hydrogen) atoms. The van der Waals surface area contributed by atoms with Gasteiger partial charge in [0.05, 0.1) is 5.56 Å². The maximum Gasteiger partial charge on any atom is 0.338 e. The predicted octanol–water partition coefficient (Wildman–Crippen LogP) is 5.48. The molecule has 0 heterocycles. The van der Waals surface area contributed by atoms with Gasteiger partial charge >= 0.3 is 5.97 Å². The molecule has 116 valence electrons. The summed E-state index contributed by atoms with van der Waals surface area (Å²) in [7, 11) is 0. The van der Waals surface area contributed by atoms with Gasteiger partial charge in [0, 0.05) is 0 Å². The highest BCUT2D eigenvalue weighted by Crippen LogP contribution is 2.34. The minimum absolute atomic E-state index is 0.0868. The average molecular weight is 288 g/mol. The Morgan fingerprint density at radius 2 is 1.48 bits per heavy atom. The van der Waals surface area contributed by atoms with Crippen LogP contribution < -0.4 is 0 Å². The van der Waals surface area contributed by atoms with Crippen molar-refractivity contribution in [2.24, 2.45) is 5.41 Å². The van der Waals surface area contributed by atoms with E-state index >= 15 is 0 Å². The van der Waals surface area contributed by atoms with Crippen molar-refractivity contribution in [1.82, 2.24) is 0 Å². The Balaban J connectivity index is 3.02. The van der Waals surface area contributed by atoms with E-state index in [1.165, 1.54) is 5.57 Å². The van der Waals surface area contributed by atoms with Gasteiger partial charge in [0.25, 0.3) is 0 Å². The first kappa shape index (κ1) is 17.5. The third kappa shape index (κ3) is 5.37. The third-order valence-corrected chi connectivity index (χ3v) is 3.05. The van der Waals surface area contributed by atoms with Crippen LogP contribution in [0, 0.1) is 5.41 Å². The van der Waals surface area contributed by atoms with Crippen molar-refractivity contribution >= 4 is 11.5 Å². The Bertz CT molecular complexity index is 508. The van der Waals surface area contributed by atoms with Crippen LogP contribution in [0.1, 0.15) is 70.8 Å². The second-order valence-corrected chi connectivity index (χ2v) is 7.36. The quantitative estimate of drug-likeness (QED) is 0.688. The third-order valence-electron chi connectivity index (χ3n) is 3.05. The lowest BCUT2D eigenvalue weighted by Gasteiger charge is -2.24. The van der Waals surface area contributed by atoms with Crippen LogP contribution in [0.4, 0.5) is 0 Å². The van der Waals surface area contributed by atoms with Crippen LogP contribution in [-0.4, -0.2) is 11.6 Å². The molecule has 0 saturated heterocycles. The monoisotopic (exact) mass is 288 g/mol. The fraction of sp³-hybridized carbons (Fsp3) is 0.526. The first-order chi connectivity index (χ1) is 9.54. The van der Waals surface area contributed by atoms with Crippen LogP contribution in [0.5, 0.6) is 0 Å². The number of hydrogen-bond acceptors (Lipinski definition) is 2. The Labute approximate surface area is 129 Å². The van der Waals surface area contributed by atoms with Gasteiger partial charge in [-0.1, -0.05) is 45.9 Å². The first-order valence-electron chi connectivity index (χ1n) is 7.59. The molecule has 0 aliphatic heterocycles. The zero-order valence-electron chi connectivity index (χ0n) is 14.4. The lowest BCUT2D eigenvalue weighted by molar-refractivity contribution is 0.00695. The van der Waals surface area contributed by atoms with Crippen molar-refractivity contribution in [3.63, 3.8) is 0 Å². The van der Waals surface area contributed by atoms with E-state index in [-0.39, 0.29) is 11.4 Å². The fourth-order valence-corrected chi connectivity index (χ4v) is 2.18. The molecule has 0 atom stereocenters. The van der Waals surface area contributed by atoms with E-state index < -0.39 is 5.60 Å². The number of esters is 1. The minimum atomic E-state index is -0.464. The van der Waals surface area contributed by atoms with E-state index in [1.807, 2.05) is 45.0 Å². The van der Waals surface area contributed by atoms with E-state index in [1.54, 1.807) is 0 Å². The summed E-state index contributed by atoms with van der Waals surface area (Å²) in [4.78, 5) is 12.0. The maximum absolute atomic E-state index is 12.0. The Morgan fingerprint density at radius 3 is 1.86 bits per heavy atom. The van der Waals surface area contributed by atoms with E-state index in [9.17, 15) is 4.79 Å². The molecule has 0 aliphatic carbocycles. The lowest BCUT2D eigenvalue weighted by atomic mass is 9.81. The van der Waals surface area contributed by atoms with E-state index in [4.69, 9.17) is 4.74 Å². The standard InChI is InChI=1S/C19H28O2/c1-8-9-16(18(2,3)4)14-10-12-15(13-11-14)17(20)21-19(5,6)7/h9-13H,8H2,1-7H3/b16-9-. The topological polar surface area (TPSA) is 26.3 Å². The summed E-state index contributed by atoms with van der Waals surface area (Å²) in [5, 5.41) is 0. The number of ether oxygens (including phenoxy) is 1. The van der Waals surface area contributed by atoms with Crippen LogP contribution in [0.3, 0.4) is 0 Å². The molecule has 1 aromatic rings. The molecule has 0 fully saturated rings. The highest BCUT2D eigenvalue weighted by molar-refractivity contribution is 5.90. The molecule has 0 spiro atoms. The molecule has 2 nitrogen and oxygen atoms in total. The number of carbonyl (C=O) groups excluding carboxylic acids is 1. The number of hydrogen-bond donors (Lipinski definition) is 0. The zero-order chi connectivity index (χ0) is 16.3. The molecule has 1 rings (SSSR count). The van der Waals surface area contributed by atoms with Gasteiger partial charge in [0.2, 0.25) is 0 Å². The Hall–Kier alpha value is -1.57. The SMILES string of the molecule is CC/C=C(/c1ccc(C(=O)OC(C)(C)C)cc1)C(C)(C)C. The number of rotatable bonds is 3. The van der Waals surface area contributed by atoms with Gasteiger partial charge in [0.15, 0.2) is 0 Å². The van der Waals surface area contributed by atoms with Crippen LogP contribution >= 0.6 is 0 Å². The van der Waals surface area contributed by atoms with Crippen molar-refractivity contribution in [2.45, 2.75) is 60.5 Å². The maximum atomic E-state index is 12.0. The Kier molecular flexibility index (Phi) is 5.38. The van der Waals surface area contributed by atoms with Crippen molar-refractivity contribution in [2.75, 3.05) is 0 Å². The summed E-state index contributed by atoms with van der Waals surface area (Å²) in [6, 6.07) is 7.70. The number of carbonyl (C=O) groups is 1. The molecule has 2 heteroatoms. The number of benzene rings is 1. The van der Waals surface area contributed by atoms with Crippen molar-refractivity contribution in [3.05, 3.63) is 41.5 Å². The van der Waals surface area contributed by atoms with Crippen molar-refractivity contribution < 1.29 is 9.53 Å². The summed E-state index contributed by atoms with van der Waals surface area (Å²) >= 11 is 0. The van der Waals surface area contributed by atoms with Gasteiger partial charge < -0.3 is 4.74 Å². The van der Waals surface area contributed by atoms with Crippen LogP contribution in [0.2, 0.25) is 0 Å². The van der Waals surface area contributed by atoms with E-state index in [0.717, 1.165) is 12.0 Å². The normalized spacial score (nSPS) is 13.2. The number of allylic oxidation sites excluding steroid dienone is 2. The summed E-state index contributed by atoms with van der Waals surface area (Å²) in [5.74, 6) is -0.272. The van der Waals surface area contributed by atoms with Crippen LogP contribution in [-0.2, 0) is 4.74 Å². The van der Waals surface area contributed by atoms with Gasteiger partial charge in [-0.2, -0.15) is 0 Å². The molecule has 0 bridgehead atoms. The molecule has 1 aromatic carbocycles. The minimum Gasteiger partial charge on any atom is -0.456 e. The van der Waals surface area contributed by atoms with Crippen LogP contribution in [0.15, 0.2) is 30.3 Å². The van der Waals surface area contributed by atoms with Gasteiger partial charge in [0.1, 0.15) is 5.60 Å². The Morgan fingerprint density at radius 1 is 1.00 bits per heavy atom. The lowest BCUT2D eigenvalue weighted by Crippen LogP contribution is -2.23. The smallest absolute Gasteiger partial charge is 0.338 e. The van der Waals surface area contributed by atoms with Gasteiger partial charge in [-0.25, -0.2) is 4.79 Å². The summed E-state index contributed by atoms with van der Waals surface area (Å²) < 4.78 is 5.39. The average Bonchev–Trinajstić information content (AvgIpc) is 2.32. The van der Waals surface area contributed by atoms with Crippen LogP contribution in [0.25, 0.3) is 5.57 Å². The van der Waals surface area contributed by atoms with Gasteiger partial charge in [-0.05, 0) is 55.9 Å². The van der Waals surface area contributed by atoms with Gasteiger partial charge in [-0.3, -0.25) is 0 Å². The fourth-order valence-electron chi connectivity index (χ4n) is 2.18. The molecule has 0 amide bonds. The molecule has 0 aromatic heterocycles. The zero-order valence-corrected chi connectivity index (χ0v) is 14.4. The van der Waals surface area contributed by atoms with E-state index in [2.05, 4.69) is 33.8 Å². The molecular formula is C19H28O2.